The summed E-state index contributed by atoms with van der Waals surface area (Å²) in [7, 11) is 0. The molecule has 0 saturated heterocycles. The Morgan fingerprint density at radius 1 is 1.20 bits per heavy atom. The van der Waals surface area contributed by atoms with Gasteiger partial charge >= 0.3 is 0 Å². The van der Waals surface area contributed by atoms with Crippen molar-refractivity contribution < 1.29 is 0 Å². The van der Waals surface area contributed by atoms with Crippen molar-refractivity contribution in [2.75, 3.05) is 11.9 Å². The molecule has 0 amide bonds. The molecule has 9 heteroatoms. The summed E-state index contributed by atoms with van der Waals surface area (Å²) >= 11 is 1.52. The molecule has 8 nitrogen and oxygen atoms in total. The van der Waals surface area contributed by atoms with Gasteiger partial charge in [-0.3, -0.25) is 4.79 Å². The minimum Gasteiger partial charge on any atom is -0.324 e. The number of benzene rings is 1. The first kappa shape index (κ1) is 23.7. The van der Waals surface area contributed by atoms with E-state index in [0.717, 1.165) is 29.6 Å². The predicted molar refractivity (Wildman–Crippen MR) is 142 cm³/mol. The first-order valence-corrected chi connectivity index (χ1v) is 12.9. The lowest BCUT2D eigenvalue weighted by Crippen LogP contribution is -2.38. The van der Waals surface area contributed by atoms with E-state index in [1.165, 1.54) is 22.5 Å². The van der Waals surface area contributed by atoms with E-state index in [9.17, 15) is 4.79 Å². The Hall–Kier alpha value is -3.04. The van der Waals surface area contributed by atoms with E-state index in [1.807, 2.05) is 18.5 Å². The van der Waals surface area contributed by atoms with Crippen LogP contribution in [0, 0.1) is 0 Å². The maximum Gasteiger partial charge on any atom is 0.278 e. The second-order valence-electron chi connectivity index (χ2n) is 11.2. The van der Waals surface area contributed by atoms with Crippen LogP contribution in [0.4, 0.5) is 11.6 Å². The highest BCUT2D eigenvalue weighted by molar-refractivity contribution is 7.12. The van der Waals surface area contributed by atoms with E-state index in [2.05, 4.69) is 73.8 Å². The number of fused-ring (bicyclic) bond motifs is 2. The average Bonchev–Trinajstić information content (AvgIpc) is 3.36. The van der Waals surface area contributed by atoms with Crippen LogP contribution < -0.4 is 16.2 Å². The zero-order valence-electron chi connectivity index (χ0n) is 21.4. The monoisotopic (exact) mass is 491 g/mol. The average molecular weight is 492 g/mol. The van der Waals surface area contributed by atoms with Crippen LogP contribution in [0.1, 0.15) is 71.3 Å². The van der Waals surface area contributed by atoms with Gasteiger partial charge in [-0.05, 0) is 37.1 Å². The fourth-order valence-electron chi connectivity index (χ4n) is 4.63. The standard InChI is InChI=1S/C26H33N7OS/c1-15(2)32-22(34)18-12-28-23(29-17-8-9-19-16(10-17)11-27-14-26(19,6)7)31-21(18)33(32)24-30-20(13-35-24)25(3,4)5/h8-10,12-13,15,27H,11,14H2,1-7H3,(H,28,29,31). The number of hydrogen-bond donors (Lipinski definition) is 2. The topological polar surface area (TPSA) is 89.7 Å². The molecule has 5 rings (SSSR count). The number of nitrogens with zero attached hydrogens (tertiary/aromatic N) is 5. The van der Waals surface area contributed by atoms with Gasteiger partial charge in [-0.15, -0.1) is 11.3 Å². The Bertz CT molecular complexity index is 1470. The van der Waals surface area contributed by atoms with Crippen molar-refractivity contribution in [2.45, 2.75) is 71.9 Å². The van der Waals surface area contributed by atoms with Crippen molar-refractivity contribution >= 4 is 34.0 Å². The minimum atomic E-state index is -0.115. The molecule has 0 bridgehead atoms. The van der Waals surface area contributed by atoms with Crippen LogP contribution in [0.15, 0.2) is 34.6 Å². The molecular formula is C26H33N7OS. The zero-order chi connectivity index (χ0) is 25.1. The molecule has 4 heterocycles. The fourth-order valence-corrected chi connectivity index (χ4v) is 5.68. The highest BCUT2D eigenvalue weighted by Gasteiger charge is 2.27. The molecule has 0 spiro atoms. The van der Waals surface area contributed by atoms with Gasteiger partial charge in [0.1, 0.15) is 5.39 Å². The molecule has 1 aliphatic heterocycles. The summed E-state index contributed by atoms with van der Waals surface area (Å²) in [6.07, 6.45) is 1.61. The van der Waals surface area contributed by atoms with E-state index < -0.39 is 0 Å². The molecule has 3 aromatic heterocycles. The Morgan fingerprint density at radius 3 is 2.66 bits per heavy atom. The first-order chi connectivity index (χ1) is 16.5. The van der Waals surface area contributed by atoms with Crippen molar-refractivity contribution in [1.82, 2.24) is 29.6 Å². The van der Waals surface area contributed by atoms with Crippen LogP contribution in [-0.4, -0.2) is 30.9 Å². The SMILES string of the molecule is CC(C)n1c(=O)c2cnc(Nc3ccc4c(c3)CNCC4(C)C)nc2n1-c1nc(C(C)(C)C)cs1. The van der Waals surface area contributed by atoms with Crippen molar-refractivity contribution in [3.05, 3.63) is 57.0 Å². The summed E-state index contributed by atoms with van der Waals surface area (Å²) in [6.45, 7) is 16.7. The molecule has 184 valence electrons. The molecule has 0 radical (unpaired) electrons. The van der Waals surface area contributed by atoms with Crippen LogP contribution in [0.2, 0.25) is 0 Å². The lowest BCUT2D eigenvalue weighted by atomic mass is 9.79. The summed E-state index contributed by atoms with van der Waals surface area (Å²) in [4.78, 5) is 27.4. The summed E-state index contributed by atoms with van der Waals surface area (Å²) in [6, 6.07) is 6.35. The number of aromatic nitrogens is 5. The summed E-state index contributed by atoms with van der Waals surface area (Å²) in [5.41, 5.74) is 4.99. The maximum atomic E-state index is 13.3. The Balaban J connectivity index is 1.59. The Labute approximate surface area is 209 Å². The van der Waals surface area contributed by atoms with Gasteiger partial charge in [0.05, 0.1) is 5.69 Å². The molecule has 0 unspecified atom stereocenters. The largest absolute Gasteiger partial charge is 0.324 e. The quantitative estimate of drug-likeness (QED) is 0.416. The van der Waals surface area contributed by atoms with E-state index in [1.54, 1.807) is 10.9 Å². The second-order valence-corrected chi connectivity index (χ2v) is 12.1. The Morgan fingerprint density at radius 2 is 1.97 bits per heavy atom. The summed E-state index contributed by atoms with van der Waals surface area (Å²) < 4.78 is 3.55. The maximum absolute atomic E-state index is 13.3. The van der Waals surface area contributed by atoms with E-state index in [4.69, 9.17) is 9.97 Å². The van der Waals surface area contributed by atoms with E-state index >= 15 is 0 Å². The normalized spacial score (nSPS) is 15.5. The lowest BCUT2D eigenvalue weighted by molar-refractivity contribution is 0.435. The third kappa shape index (κ3) is 4.16. The third-order valence-corrected chi connectivity index (χ3v) is 7.34. The third-order valence-electron chi connectivity index (χ3n) is 6.53. The highest BCUT2D eigenvalue weighted by atomic mass is 32.1. The molecule has 35 heavy (non-hydrogen) atoms. The number of nitrogens with one attached hydrogen (secondary N) is 2. The zero-order valence-corrected chi connectivity index (χ0v) is 22.2. The molecule has 4 aromatic rings. The smallest absolute Gasteiger partial charge is 0.278 e. The van der Waals surface area contributed by atoms with Crippen molar-refractivity contribution in [3.63, 3.8) is 0 Å². The van der Waals surface area contributed by atoms with Crippen LogP contribution in [0.3, 0.4) is 0 Å². The van der Waals surface area contributed by atoms with Crippen LogP contribution in [-0.2, 0) is 17.4 Å². The van der Waals surface area contributed by atoms with E-state index in [0.29, 0.717) is 17.0 Å². The molecule has 1 aromatic carbocycles. The van der Waals surface area contributed by atoms with Gasteiger partial charge < -0.3 is 10.6 Å². The summed E-state index contributed by atoms with van der Waals surface area (Å²) in [5, 5.41) is 10.1. The van der Waals surface area contributed by atoms with Gasteiger partial charge in [0.15, 0.2) is 5.65 Å². The molecule has 0 atom stereocenters. The molecule has 1 aliphatic rings. The first-order valence-electron chi connectivity index (χ1n) is 12.0. The van der Waals surface area contributed by atoms with Crippen molar-refractivity contribution in [2.24, 2.45) is 0 Å². The minimum absolute atomic E-state index is 0.0633. The fraction of sp³-hybridized carbons (Fsp3) is 0.462. The van der Waals surface area contributed by atoms with Crippen molar-refractivity contribution in [3.8, 4) is 5.13 Å². The predicted octanol–water partition coefficient (Wildman–Crippen LogP) is 5.04. The summed E-state index contributed by atoms with van der Waals surface area (Å²) in [5.74, 6) is 0.447. The molecule has 0 saturated carbocycles. The molecule has 0 fully saturated rings. The molecular weight excluding hydrogens is 458 g/mol. The van der Waals surface area contributed by atoms with Gasteiger partial charge in [-0.1, -0.05) is 40.7 Å². The molecule has 0 aliphatic carbocycles. The van der Waals surface area contributed by atoms with Crippen LogP contribution in [0.25, 0.3) is 16.2 Å². The van der Waals surface area contributed by atoms with Gasteiger partial charge in [0, 0.05) is 47.2 Å². The van der Waals surface area contributed by atoms with Crippen LogP contribution >= 0.6 is 11.3 Å². The van der Waals surface area contributed by atoms with Crippen molar-refractivity contribution in [1.29, 1.82) is 0 Å². The van der Waals surface area contributed by atoms with Gasteiger partial charge in [0.25, 0.3) is 5.56 Å². The highest BCUT2D eigenvalue weighted by Crippen LogP contribution is 2.32. The van der Waals surface area contributed by atoms with Crippen LogP contribution in [0.5, 0.6) is 0 Å². The number of anilines is 2. The number of hydrogen-bond acceptors (Lipinski definition) is 7. The lowest BCUT2D eigenvalue weighted by Gasteiger charge is -2.33. The second kappa shape index (κ2) is 8.27. The number of rotatable bonds is 4. The van der Waals surface area contributed by atoms with Gasteiger partial charge in [0.2, 0.25) is 11.1 Å². The van der Waals surface area contributed by atoms with E-state index in [-0.39, 0.29) is 22.4 Å². The Kier molecular flexibility index (Phi) is 5.60. The number of thiazole rings is 1. The van der Waals surface area contributed by atoms with Gasteiger partial charge in [-0.25, -0.2) is 19.3 Å². The van der Waals surface area contributed by atoms with Gasteiger partial charge in [-0.2, -0.15) is 4.98 Å². The molecule has 2 N–H and O–H groups in total.